The van der Waals surface area contributed by atoms with Crippen molar-refractivity contribution in [3.63, 3.8) is 0 Å². The normalized spacial score (nSPS) is 19.5. The van der Waals surface area contributed by atoms with Gasteiger partial charge < -0.3 is 10.6 Å². The minimum atomic E-state index is -4.50. The molecule has 2 N–H and O–H groups in total. The molecule has 1 aromatic heterocycles. The summed E-state index contributed by atoms with van der Waals surface area (Å²) in [5, 5.41) is 7.66. The average molecular weight is 432 g/mol. The molecule has 0 bridgehead atoms. The Morgan fingerprint density at radius 2 is 2.00 bits per heavy atom. The number of ketones is 1. The molecule has 1 aliphatic carbocycles. The molecule has 1 atom stereocenters. The molecular weight excluding hydrogens is 413 g/mol. The van der Waals surface area contributed by atoms with Crippen LogP contribution in [0, 0.1) is 0 Å². The number of dihydropyridines is 1. The summed E-state index contributed by atoms with van der Waals surface area (Å²) in [5.74, 6) is -1.05. The highest BCUT2D eigenvalue weighted by atomic mass is 32.1. The summed E-state index contributed by atoms with van der Waals surface area (Å²) in [7, 11) is 0. The van der Waals surface area contributed by atoms with Gasteiger partial charge in [-0.15, -0.1) is 11.3 Å². The minimum absolute atomic E-state index is 0.000909. The average Bonchev–Trinajstić information content (AvgIpc) is 3.21. The molecule has 1 amide bonds. The second kappa shape index (κ2) is 7.75. The molecule has 0 unspecified atom stereocenters. The molecule has 4 rings (SSSR count). The SMILES string of the molecule is CC1=C(C(=O)Nc2cccc(C(F)(F)F)c2)[C@H](c2cccs2)C2=C(CCCC2=O)N1. The van der Waals surface area contributed by atoms with Crippen LogP contribution in [-0.2, 0) is 15.8 Å². The first-order chi connectivity index (χ1) is 14.3. The number of Topliss-reactive ketones (excluding diaryl/α,β-unsaturated/α-hetero) is 1. The molecule has 0 fully saturated rings. The fourth-order valence-corrected chi connectivity index (χ4v) is 4.84. The number of halogens is 3. The van der Waals surface area contributed by atoms with Crippen molar-refractivity contribution < 1.29 is 22.8 Å². The lowest BCUT2D eigenvalue weighted by Gasteiger charge is -2.33. The van der Waals surface area contributed by atoms with E-state index in [1.165, 1.54) is 23.5 Å². The molecule has 8 heteroatoms. The van der Waals surface area contributed by atoms with Gasteiger partial charge in [-0.1, -0.05) is 12.1 Å². The lowest BCUT2D eigenvalue weighted by atomic mass is 9.77. The molecule has 1 aromatic carbocycles. The topological polar surface area (TPSA) is 58.2 Å². The molecule has 0 saturated heterocycles. The predicted molar refractivity (Wildman–Crippen MR) is 109 cm³/mol. The number of hydrogen-bond acceptors (Lipinski definition) is 4. The van der Waals surface area contributed by atoms with Gasteiger partial charge in [0.05, 0.1) is 11.5 Å². The van der Waals surface area contributed by atoms with Gasteiger partial charge in [-0.2, -0.15) is 13.2 Å². The van der Waals surface area contributed by atoms with Gasteiger partial charge in [0.15, 0.2) is 5.78 Å². The maximum absolute atomic E-state index is 13.2. The monoisotopic (exact) mass is 432 g/mol. The number of carbonyl (C=O) groups excluding carboxylic acids is 2. The largest absolute Gasteiger partial charge is 0.416 e. The molecule has 30 heavy (non-hydrogen) atoms. The summed E-state index contributed by atoms with van der Waals surface area (Å²) in [6.45, 7) is 1.75. The highest BCUT2D eigenvalue weighted by Gasteiger charge is 2.39. The molecule has 2 aliphatic rings. The van der Waals surface area contributed by atoms with Gasteiger partial charge in [-0.3, -0.25) is 9.59 Å². The number of amides is 1. The molecule has 156 valence electrons. The van der Waals surface area contributed by atoms with Crippen molar-refractivity contribution in [3.8, 4) is 0 Å². The minimum Gasteiger partial charge on any atom is -0.362 e. The van der Waals surface area contributed by atoms with E-state index in [-0.39, 0.29) is 11.5 Å². The van der Waals surface area contributed by atoms with E-state index < -0.39 is 23.6 Å². The van der Waals surface area contributed by atoms with Crippen molar-refractivity contribution in [1.82, 2.24) is 5.32 Å². The molecule has 0 spiro atoms. The van der Waals surface area contributed by atoms with Gasteiger partial charge in [0.25, 0.3) is 5.91 Å². The number of rotatable bonds is 3. The summed E-state index contributed by atoms with van der Waals surface area (Å²) in [6, 6.07) is 8.25. The second-order valence-electron chi connectivity index (χ2n) is 7.31. The van der Waals surface area contributed by atoms with Crippen molar-refractivity contribution in [1.29, 1.82) is 0 Å². The molecule has 4 nitrogen and oxygen atoms in total. The molecule has 0 saturated carbocycles. The van der Waals surface area contributed by atoms with E-state index in [2.05, 4.69) is 10.6 Å². The Labute approximate surface area is 175 Å². The summed E-state index contributed by atoms with van der Waals surface area (Å²) >= 11 is 1.45. The number of allylic oxidation sites excluding steroid dienone is 3. The van der Waals surface area contributed by atoms with Gasteiger partial charge in [0.1, 0.15) is 0 Å². The van der Waals surface area contributed by atoms with Gasteiger partial charge in [0, 0.05) is 39.5 Å². The fourth-order valence-electron chi connectivity index (χ4n) is 4.00. The number of benzene rings is 1. The van der Waals surface area contributed by atoms with Crippen LogP contribution < -0.4 is 10.6 Å². The number of hydrogen-bond donors (Lipinski definition) is 2. The zero-order valence-electron chi connectivity index (χ0n) is 16.1. The summed E-state index contributed by atoms with van der Waals surface area (Å²) < 4.78 is 39.1. The Morgan fingerprint density at radius 1 is 1.20 bits per heavy atom. The molecular formula is C22H19F3N2O2S. The van der Waals surface area contributed by atoms with Crippen molar-refractivity contribution >= 4 is 28.7 Å². The summed E-state index contributed by atoms with van der Waals surface area (Å²) in [5.41, 5.74) is 1.58. The van der Waals surface area contributed by atoms with Crippen LogP contribution in [0.4, 0.5) is 18.9 Å². The maximum atomic E-state index is 13.2. The fraction of sp³-hybridized carbons (Fsp3) is 0.273. The van der Waals surface area contributed by atoms with Gasteiger partial charge in [-0.05, 0) is 49.4 Å². The Hall–Kier alpha value is -2.87. The standard InChI is InChI=1S/C22H19F3N2O2S/c1-12-18(21(29)27-14-6-2-5-13(11-14)22(23,24)25)20(17-9-4-10-30-17)19-15(26-12)7-3-8-16(19)28/h2,4-6,9-11,20,26H,3,7-8H2,1H3,(H,27,29)/t20-/m0/s1. The predicted octanol–water partition coefficient (Wildman–Crippen LogP) is 5.37. The van der Waals surface area contributed by atoms with Crippen LogP contribution in [0.3, 0.4) is 0 Å². The molecule has 2 aromatic rings. The van der Waals surface area contributed by atoms with E-state index in [0.717, 1.165) is 35.5 Å². The smallest absolute Gasteiger partial charge is 0.362 e. The first-order valence-corrected chi connectivity index (χ1v) is 10.4. The first kappa shape index (κ1) is 20.4. The Kier molecular flexibility index (Phi) is 5.27. The highest BCUT2D eigenvalue weighted by molar-refractivity contribution is 7.10. The van der Waals surface area contributed by atoms with Crippen LogP contribution in [0.15, 0.2) is 64.3 Å². The van der Waals surface area contributed by atoms with Crippen LogP contribution in [0.5, 0.6) is 0 Å². The molecule has 0 radical (unpaired) electrons. The van der Waals surface area contributed by atoms with E-state index in [1.54, 1.807) is 6.92 Å². The number of nitrogens with one attached hydrogen (secondary N) is 2. The zero-order chi connectivity index (χ0) is 21.5. The van der Waals surface area contributed by atoms with E-state index in [9.17, 15) is 22.8 Å². The van der Waals surface area contributed by atoms with Gasteiger partial charge in [-0.25, -0.2) is 0 Å². The number of thiophene rings is 1. The molecule has 1 aliphatic heterocycles. The van der Waals surface area contributed by atoms with E-state index in [4.69, 9.17) is 0 Å². The summed E-state index contributed by atoms with van der Waals surface area (Å²) in [6.07, 6.45) is -2.61. The van der Waals surface area contributed by atoms with Crippen molar-refractivity contribution in [2.75, 3.05) is 5.32 Å². The van der Waals surface area contributed by atoms with Crippen LogP contribution in [0.25, 0.3) is 0 Å². The third-order valence-corrected chi connectivity index (χ3v) is 6.23. The lowest BCUT2D eigenvalue weighted by Crippen LogP contribution is -2.35. The quantitative estimate of drug-likeness (QED) is 0.685. The number of alkyl halides is 3. The lowest BCUT2D eigenvalue weighted by molar-refractivity contribution is -0.137. The van der Waals surface area contributed by atoms with Crippen molar-refractivity contribution in [2.24, 2.45) is 0 Å². The Balaban J connectivity index is 1.71. The van der Waals surface area contributed by atoms with E-state index >= 15 is 0 Å². The number of carbonyl (C=O) groups is 2. The van der Waals surface area contributed by atoms with Gasteiger partial charge in [0.2, 0.25) is 0 Å². The van der Waals surface area contributed by atoms with Crippen LogP contribution in [0.1, 0.15) is 42.5 Å². The maximum Gasteiger partial charge on any atom is 0.416 e. The van der Waals surface area contributed by atoms with Crippen molar-refractivity contribution in [2.45, 2.75) is 38.3 Å². The first-order valence-electron chi connectivity index (χ1n) is 9.51. The van der Waals surface area contributed by atoms with Crippen molar-refractivity contribution in [3.05, 3.63) is 74.8 Å². The number of anilines is 1. The Morgan fingerprint density at radius 3 is 2.70 bits per heavy atom. The third kappa shape index (κ3) is 3.79. The van der Waals surface area contributed by atoms with Crippen LogP contribution in [-0.4, -0.2) is 11.7 Å². The van der Waals surface area contributed by atoms with Crippen LogP contribution >= 0.6 is 11.3 Å². The third-order valence-electron chi connectivity index (χ3n) is 5.30. The van der Waals surface area contributed by atoms with Gasteiger partial charge >= 0.3 is 6.18 Å². The highest BCUT2D eigenvalue weighted by Crippen LogP contribution is 2.44. The Bertz CT molecular complexity index is 1070. The van der Waals surface area contributed by atoms with E-state index in [0.29, 0.717) is 23.3 Å². The van der Waals surface area contributed by atoms with Crippen LogP contribution in [0.2, 0.25) is 0 Å². The summed E-state index contributed by atoms with van der Waals surface area (Å²) in [4.78, 5) is 26.8. The molecule has 2 heterocycles. The van der Waals surface area contributed by atoms with E-state index in [1.807, 2.05) is 17.5 Å². The zero-order valence-corrected chi connectivity index (χ0v) is 16.9. The second-order valence-corrected chi connectivity index (χ2v) is 8.29.